The molecule has 0 aromatic heterocycles. The number of rotatable bonds is 6. The van der Waals surface area contributed by atoms with Gasteiger partial charge in [0.15, 0.2) is 0 Å². The first-order valence-electron chi connectivity index (χ1n) is 6.27. The molecule has 1 aromatic carbocycles. The molecule has 100 valence electrons. The number of hydrogen-bond donors (Lipinski definition) is 1. The molecule has 0 fully saturated rings. The van der Waals surface area contributed by atoms with Crippen molar-refractivity contribution in [1.82, 2.24) is 4.90 Å². The average molecular weight is 250 g/mol. The highest BCUT2D eigenvalue weighted by atomic mass is 16.3. The summed E-state index contributed by atoms with van der Waals surface area (Å²) in [6, 6.07) is 7.54. The van der Waals surface area contributed by atoms with Crippen molar-refractivity contribution in [3.05, 3.63) is 29.8 Å². The lowest BCUT2D eigenvalue weighted by Crippen LogP contribution is -2.34. The summed E-state index contributed by atoms with van der Waals surface area (Å²) in [7, 11) is 3.89. The molecule has 0 aliphatic heterocycles. The lowest BCUT2D eigenvalue weighted by atomic mass is 10.1. The first-order valence-corrected chi connectivity index (χ1v) is 6.27. The Bertz CT molecular complexity index is 385. The highest BCUT2D eigenvalue weighted by Crippen LogP contribution is 2.15. The maximum atomic E-state index is 12.3. The second-order valence-electron chi connectivity index (χ2n) is 4.46. The van der Waals surface area contributed by atoms with E-state index in [-0.39, 0.29) is 12.5 Å². The largest absolute Gasteiger partial charge is 0.395 e. The summed E-state index contributed by atoms with van der Waals surface area (Å²) >= 11 is 0. The minimum Gasteiger partial charge on any atom is -0.395 e. The fourth-order valence-corrected chi connectivity index (χ4v) is 1.81. The van der Waals surface area contributed by atoms with Gasteiger partial charge in [-0.2, -0.15) is 0 Å². The predicted molar refractivity (Wildman–Crippen MR) is 74.0 cm³/mol. The predicted octanol–water partition coefficient (Wildman–Crippen LogP) is 1.60. The molecule has 1 N–H and O–H groups in total. The molecule has 1 rings (SSSR count). The van der Waals surface area contributed by atoms with E-state index >= 15 is 0 Å². The minimum atomic E-state index is -0.0189. The third-order valence-electron chi connectivity index (χ3n) is 2.76. The van der Waals surface area contributed by atoms with Crippen LogP contribution in [0, 0.1) is 0 Å². The molecule has 0 spiro atoms. The van der Waals surface area contributed by atoms with E-state index in [2.05, 4.69) is 0 Å². The molecule has 1 aromatic rings. The van der Waals surface area contributed by atoms with Crippen molar-refractivity contribution in [3.63, 3.8) is 0 Å². The first kappa shape index (κ1) is 14.5. The maximum absolute atomic E-state index is 12.3. The molecule has 0 aliphatic carbocycles. The second-order valence-corrected chi connectivity index (χ2v) is 4.46. The molecular weight excluding hydrogens is 228 g/mol. The summed E-state index contributed by atoms with van der Waals surface area (Å²) < 4.78 is 0. The third-order valence-corrected chi connectivity index (χ3v) is 2.76. The van der Waals surface area contributed by atoms with E-state index in [9.17, 15) is 4.79 Å². The van der Waals surface area contributed by atoms with Gasteiger partial charge in [-0.25, -0.2) is 0 Å². The molecule has 1 amide bonds. The molecule has 0 bridgehead atoms. The van der Waals surface area contributed by atoms with Gasteiger partial charge in [0, 0.05) is 38.4 Å². The summed E-state index contributed by atoms with van der Waals surface area (Å²) in [4.78, 5) is 16.0. The van der Waals surface area contributed by atoms with Crippen LogP contribution in [0.15, 0.2) is 24.3 Å². The highest BCUT2D eigenvalue weighted by molar-refractivity contribution is 5.95. The number of anilines is 1. The molecule has 18 heavy (non-hydrogen) atoms. The molecule has 0 heterocycles. The molecule has 0 saturated carbocycles. The molecule has 0 saturated heterocycles. The van der Waals surface area contributed by atoms with E-state index in [1.54, 1.807) is 4.90 Å². The van der Waals surface area contributed by atoms with Crippen molar-refractivity contribution in [3.8, 4) is 0 Å². The Morgan fingerprint density at radius 2 is 2.00 bits per heavy atom. The highest BCUT2D eigenvalue weighted by Gasteiger charge is 2.14. The van der Waals surface area contributed by atoms with Crippen LogP contribution in [0.3, 0.4) is 0 Å². The summed E-state index contributed by atoms with van der Waals surface area (Å²) in [5.41, 5.74) is 1.67. The van der Waals surface area contributed by atoms with Gasteiger partial charge < -0.3 is 14.9 Å². The Kier molecular flexibility index (Phi) is 5.65. The standard InChI is InChI=1S/C14H22N2O2/c1-4-8-16(9-10-17)14(18)12-6-5-7-13(11-12)15(2)3/h5-7,11,17H,4,8-10H2,1-3H3. The van der Waals surface area contributed by atoms with Crippen LogP contribution < -0.4 is 4.90 Å². The Morgan fingerprint density at radius 1 is 1.28 bits per heavy atom. The second kappa shape index (κ2) is 7.01. The van der Waals surface area contributed by atoms with Crippen LogP contribution in [0.2, 0.25) is 0 Å². The Balaban J connectivity index is 2.90. The zero-order valence-corrected chi connectivity index (χ0v) is 11.4. The van der Waals surface area contributed by atoms with E-state index in [0.717, 1.165) is 12.1 Å². The third kappa shape index (κ3) is 3.74. The van der Waals surface area contributed by atoms with Gasteiger partial charge in [-0.1, -0.05) is 13.0 Å². The quantitative estimate of drug-likeness (QED) is 0.834. The van der Waals surface area contributed by atoms with E-state index in [4.69, 9.17) is 5.11 Å². The van der Waals surface area contributed by atoms with Crippen molar-refractivity contribution in [2.24, 2.45) is 0 Å². The normalized spacial score (nSPS) is 10.2. The number of carbonyl (C=O) groups is 1. The van der Waals surface area contributed by atoms with Crippen LogP contribution in [-0.4, -0.2) is 49.7 Å². The van der Waals surface area contributed by atoms with E-state index in [0.29, 0.717) is 18.7 Å². The number of amides is 1. The maximum Gasteiger partial charge on any atom is 0.254 e. The van der Waals surface area contributed by atoms with E-state index in [1.807, 2.05) is 50.2 Å². The van der Waals surface area contributed by atoms with Gasteiger partial charge in [-0.05, 0) is 24.6 Å². The Labute approximate surface area is 109 Å². The molecule has 0 aliphatic rings. The molecular formula is C14H22N2O2. The van der Waals surface area contributed by atoms with Gasteiger partial charge in [-0.15, -0.1) is 0 Å². The Morgan fingerprint density at radius 3 is 2.56 bits per heavy atom. The van der Waals surface area contributed by atoms with Gasteiger partial charge in [0.25, 0.3) is 5.91 Å². The number of nitrogens with zero attached hydrogens (tertiary/aromatic N) is 2. The fourth-order valence-electron chi connectivity index (χ4n) is 1.81. The van der Waals surface area contributed by atoms with Crippen molar-refractivity contribution in [1.29, 1.82) is 0 Å². The zero-order valence-electron chi connectivity index (χ0n) is 11.4. The number of aliphatic hydroxyl groups is 1. The van der Waals surface area contributed by atoms with Gasteiger partial charge in [0.05, 0.1) is 6.61 Å². The van der Waals surface area contributed by atoms with Crippen molar-refractivity contribution >= 4 is 11.6 Å². The van der Waals surface area contributed by atoms with Crippen molar-refractivity contribution in [2.75, 3.05) is 38.7 Å². The fraction of sp³-hybridized carbons (Fsp3) is 0.500. The van der Waals surface area contributed by atoms with Crippen molar-refractivity contribution in [2.45, 2.75) is 13.3 Å². The van der Waals surface area contributed by atoms with Crippen LogP contribution >= 0.6 is 0 Å². The number of aliphatic hydroxyl groups excluding tert-OH is 1. The summed E-state index contributed by atoms with van der Waals surface area (Å²) in [5.74, 6) is -0.0189. The topological polar surface area (TPSA) is 43.8 Å². The molecule has 4 nitrogen and oxygen atoms in total. The first-order chi connectivity index (χ1) is 8.60. The number of hydrogen-bond acceptors (Lipinski definition) is 3. The molecule has 0 unspecified atom stereocenters. The summed E-state index contributed by atoms with van der Waals surface area (Å²) in [6.45, 7) is 3.08. The zero-order chi connectivity index (χ0) is 13.5. The lowest BCUT2D eigenvalue weighted by molar-refractivity contribution is 0.0722. The number of carbonyl (C=O) groups excluding carboxylic acids is 1. The summed E-state index contributed by atoms with van der Waals surface area (Å²) in [6.07, 6.45) is 0.888. The van der Waals surface area contributed by atoms with Crippen LogP contribution in [-0.2, 0) is 0 Å². The van der Waals surface area contributed by atoms with E-state index < -0.39 is 0 Å². The SMILES string of the molecule is CCCN(CCO)C(=O)c1cccc(N(C)C)c1. The van der Waals surface area contributed by atoms with Crippen LogP contribution in [0.5, 0.6) is 0 Å². The van der Waals surface area contributed by atoms with Gasteiger partial charge in [-0.3, -0.25) is 4.79 Å². The van der Waals surface area contributed by atoms with Gasteiger partial charge in [0.1, 0.15) is 0 Å². The van der Waals surface area contributed by atoms with Crippen molar-refractivity contribution < 1.29 is 9.90 Å². The minimum absolute atomic E-state index is 0.000882. The van der Waals surface area contributed by atoms with Crippen LogP contribution in [0.1, 0.15) is 23.7 Å². The van der Waals surface area contributed by atoms with E-state index in [1.165, 1.54) is 0 Å². The lowest BCUT2D eigenvalue weighted by Gasteiger charge is -2.22. The monoisotopic (exact) mass is 250 g/mol. The molecule has 0 atom stereocenters. The average Bonchev–Trinajstić information content (AvgIpc) is 2.38. The molecule has 0 radical (unpaired) electrons. The smallest absolute Gasteiger partial charge is 0.254 e. The van der Waals surface area contributed by atoms with Gasteiger partial charge in [0.2, 0.25) is 0 Å². The summed E-state index contributed by atoms with van der Waals surface area (Å²) in [5, 5.41) is 9.00. The molecule has 4 heteroatoms. The number of benzene rings is 1. The van der Waals surface area contributed by atoms with Crippen LogP contribution in [0.25, 0.3) is 0 Å². The van der Waals surface area contributed by atoms with Crippen LogP contribution in [0.4, 0.5) is 5.69 Å². The van der Waals surface area contributed by atoms with Gasteiger partial charge >= 0.3 is 0 Å². The Hall–Kier alpha value is -1.55.